The summed E-state index contributed by atoms with van der Waals surface area (Å²) in [6, 6.07) is 0. The molecule has 0 saturated carbocycles. The number of tetrazole rings is 1. The van der Waals surface area contributed by atoms with Gasteiger partial charge in [0, 0.05) is 6.54 Å². The second-order valence-corrected chi connectivity index (χ2v) is 6.90. The van der Waals surface area contributed by atoms with Gasteiger partial charge in [-0.15, -0.1) is 5.10 Å². The van der Waals surface area contributed by atoms with E-state index < -0.39 is 0 Å². The van der Waals surface area contributed by atoms with Crippen molar-refractivity contribution in [3.05, 3.63) is 5.82 Å². The minimum atomic E-state index is 0.247. The maximum absolute atomic E-state index is 4.14. The largest absolute Gasteiger partial charge is 0.310 e. The van der Waals surface area contributed by atoms with Crippen LogP contribution in [0.2, 0.25) is 0 Å². The molecule has 0 aliphatic carbocycles. The van der Waals surface area contributed by atoms with Crippen LogP contribution in [0.3, 0.4) is 0 Å². The lowest BCUT2D eigenvalue weighted by atomic mass is 9.87. The van der Waals surface area contributed by atoms with Crippen molar-refractivity contribution in [3.8, 4) is 0 Å². The number of unbranched alkanes of at least 4 members (excludes halogenated alkanes) is 2. The smallest absolute Gasteiger partial charge is 0.165 e. The zero-order chi connectivity index (χ0) is 15.0. The van der Waals surface area contributed by atoms with Crippen LogP contribution in [0.15, 0.2) is 0 Å². The topological polar surface area (TPSA) is 55.6 Å². The highest BCUT2D eigenvalue weighted by Crippen LogP contribution is 2.25. The molecular weight excluding hydrogens is 250 g/mol. The maximum atomic E-state index is 4.14. The fourth-order valence-corrected chi connectivity index (χ4v) is 2.28. The summed E-state index contributed by atoms with van der Waals surface area (Å²) >= 11 is 0. The van der Waals surface area contributed by atoms with Gasteiger partial charge in [-0.25, -0.2) is 4.68 Å². The Morgan fingerprint density at radius 2 is 2.00 bits per heavy atom. The Morgan fingerprint density at radius 1 is 1.25 bits per heavy atom. The number of rotatable bonds is 10. The summed E-state index contributed by atoms with van der Waals surface area (Å²) < 4.78 is 1.96. The Labute approximate surface area is 123 Å². The van der Waals surface area contributed by atoms with Gasteiger partial charge < -0.3 is 5.32 Å². The molecule has 0 spiro atoms. The molecular formula is C15H31N5. The van der Waals surface area contributed by atoms with Crippen LogP contribution in [0.5, 0.6) is 0 Å². The molecule has 0 unspecified atom stereocenters. The number of nitrogens with zero attached hydrogens (tertiary/aromatic N) is 4. The first-order valence-corrected chi connectivity index (χ1v) is 7.90. The molecule has 20 heavy (non-hydrogen) atoms. The van der Waals surface area contributed by atoms with Gasteiger partial charge in [0.05, 0.1) is 6.54 Å². The monoisotopic (exact) mass is 281 g/mol. The van der Waals surface area contributed by atoms with Gasteiger partial charge in [-0.3, -0.25) is 0 Å². The van der Waals surface area contributed by atoms with E-state index in [1.807, 2.05) is 4.68 Å². The van der Waals surface area contributed by atoms with Gasteiger partial charge >= 0.3 is 0 Å². The lowest BCUT2D eigenvalue weighted by Gasteiger charge is -2.24. The average Bonchev–Trinajstić information content (AvgIpc) is 2.75. The molecule has 5 heteroatoms. The molecule has 0 amide bonds. The molecule has 5 nitrogen and oxygen atoms in total. The third-order valence-corrected chi connectivity index (χ3v) is 3.48. The van der Waals surface area contributed by atoms with Crippen LogP contribution in [-0.4, -0.2) is 26.8 Å². The predicted molar refractivity (Wildman–Crippen MR) is 82.3 cm³/mol. The highest BCUT2D eigenvalue weighted by atomic mass is 15.5. The highest BCUT2D eigenvalue weighted by molar-refractivity contribution is 4.82. The van der Waals surface area contributed by atoms with E-state index in [1.165, 1.54) is 25.7 Å². The Morgan fingerprint density at radius 3 is 2.65 bits per heavy atom. The summed E-state index contributed by atoms with van der Waals surface area (Å²) in [4.78, 5) is 0. The van der Waals surface area contributed by atoms with E-state index in [0.29, 0.717) is 5.92 Å². The van der Waals surface area contributed by atoms with E-state index in [4.69, 9.17) is 0 Å². The van der Waals surface area contributed by atoms with Gasteiger partial charge in [-0.1, -0.05) is 53.9 Å². The van der Waals surface area contributed by atoms with Crippen LogP contribution in [0.1, 0.15) is 66.1 Å². The van der Waals surface area contributed by atoms with Crippen molar-refractivity contribution in [2.24, 2.45) is 11.3 Å². The van der Waals surface area contributed by atoms with Gasteiger partial charge in [0.1, 0.15) is 0 Å². The molecule has 0 radical (unpaired) electrons. The maximum Gasteiger partial charge on any atom is 0.165 e. The lowest BCUT2D eigenvalue weighted by Crippen LogP contribution is -2.26. The van der Waals surface area contributed by atoms with Gasteiger partial charge in [0.2, 0.25) is 0 Å². The Kier molecular flexibility index (Phi) is 7.13. The first kappa shape index (κ1) is 17.1. The normalized spacial score (nSPS) is 12.3. The van der Waals surface area contributed by atoms with Crippen molar-refractivity contribution in [3.63, 3.8) is 0 Å². The van der Waals surface area contributed by atoms with Crippen LogP contribution < -0.4 is 5.32 Å². The Hall–Kier alpha value is -0.970. The second-order valence-electron chi connectivity index (χ2n) is 6.90. The second kappa shape index (κ2) is 8.35. The molecule has 0 saturated heterocycles. The molecule has 116 valence electrons. The fraction of sp³-hybridized carbons (Fsp3) is 0.933. The van der Waals surface area contributed by atoms with Crippen molar-refractivity contribution in [2.45, 2.75) is 73.4 Å². The molecule has 0 bridgehead atoms. The van der Waals surface area contributed by atoms with Crippen LogP contribution in [0, 0.1) is 11.3 Å². The van der Waals surface area contributed by atoms with E-state index in [9.17, 15) is 0 Å². The van der Waals surface area contributed by atoms with Crippen LogP contribution in [0.25, 0.3) is 0 Å². The molecule has 1 aromatic rings. The molecule has 0 aliphatic heterocycles. The zero-order valence-electron chi connectivity index (χ0n) is 13.8. The molecule has 1 rings (SSSR count). The first-order valence-electron chi connectivity index (χ1n) is 7.90. The van der Waals surface area contributed by atoms with Crippen molar-refractivity contribution in [2.75, 3.05) is 6.54 Å². The van der Waals surface area contributed by atoms with Crippen molar-refractivity contribution in [1.82, 2.24) is 25.5 Å². The van der Waals surface area contributed by atoms with Crippen LogP contribution in [-0.2, 0) is 13.1 Å². The van der Waals surface area contributed by atoms with Gasteiger partial charge in [0.15, 0.2) is 5.82 Å². The summed E-state index contributed by atoms with van der Waals surface area (Å²) in [6.45, 7) is 13.9. The van der Waals surface area contributed by atoms with Gasteiger partial charge in [-0.05, 0) is 34.7 Å². The summed E-state index contributed by atoms with van der Waals surface area (Å²) in [5.74, 6) is 1.58. The standard InChI is InChI=1S/C15H31N5/c1-6-7-8-9-15(4,5)12-20-14(17-18-19-20)11-16-10-13(2)3/h13,16H,6-12H2,1-5H3. The van der Waals surface area contributed by atoms with Gasteiger partial charge in [0.25, 0.3) is 0 Å². The summed E-state index contributed by atoms with van der Waals surface area (Å²) in [5.41, 5.74) is 0.247. The van der Waals surface area contributed by atoms with E-state index in [0.717, 1.165) is 25.5 Å². The predicted octanol–water partition coefficient (Wildman–Crippen LogP) is 3.03. The molecule has 0 aliphatic rings. The third-order valence-electron chi connectivity index (χ3n) is 3.48. The van der Waals surface area contributed by atoms with Crippen molar-refractivity contribution >= 4 is 0 Å². The Balaban J connectivity index is 2.48. The van der Waals surface area contributed by atoms with Crippen molar-refractivity contribution < 1.29 is 0 Å². The third kappa shape index (κ3) is 6.46. The minimum absolute atomic E-state index is 0.247. The average molecular weight is 281 g/mol. The van der Waals surface area contributed by atoms with E-state index >= 15 is 0 Å². The van der Waals surface area contributed by atoms with Crippen LogP contribution >= 0.6 is 0 Å². The SMILES string of the molecule is CCCCCC(C)(C)Cn1nnnc1CNCC(C)C. The van der Waals surface area contributed by atoms with Crippen molar-refractivity contribution in [1.29, 1.82) is 0 Å². The quantitative estimate of drug-likeness (QED) is 0.670. The zero-order valence-corrected chi connectivity index (χ0v) is 13.8. The fourth-order valence-electron chi connectivity index (χ4n) is 2.28. The number of nitrogens with one attached hydrogen (secondary N) is 1. The molecule has 0 aromatic carbocycles. The van der Waals surface area contributed by atoms with E-state index in [2.05, 4.69) is 55.5 Å². The lowest BCUT2D eigenvalue weighted by molar-refractivity contribution is 0.252. The molecule has 1 N–H and O–H groups in total. The highest BCUT2D eigenvalue weighted by Gasteiger charge is 2.20. The molecule has 1 aromatic heterocycles. The summed E-state index contributed by atoms with van der Waals surface area (Å²) in [6.07, 6.45) is 5.08. The van der Waals surface area contributed by atoms with Crippen LogP contribution in [0.4, 0.5) is 0 Å². The molecule has 0 fully saturated rings. The molecule has 1 heterocycles. The summed E-state index contributed by atoms with van der Waals surface area (Å²) in [5, 5.41) is 15.5. The molecule has 0 atom stereocenters. The number of hydrogen-bond donors (Lipinski definition) is 1. The minimum Gasteiger partial charge on any atom is -0.310 e. The van der Waals surface area contributed by atoms with E-state index in [1.54, 1.807) is 0 Å². The number of aromatic nitrogens is 4. The first-order chi connectivity index (χ1) is 9.44. The van der Waals surface area contributed by atoms with Gasteiger partial charge in [-0.2, -0.15) is 0 Å². The number of hydrogen-bond acceptors (Lipinski definition) is 4. The summed E-state index contributed by atoms with van der Waals surface area (Å²) in [7, 11) is 0. The van der Waals surface area contributed by atoms with E-state index in [-0.39, 0.29) is 5.41 Å². The Bertz CT molecular complexity index is 370.